The molecule has 7 nitrogen and oxygen atoms in total. The van der Waals surface area contributed by atoms with E-state index in [-0.39, 0.29) is 30.9 Å². The summed E-state index contributed by atoms with van der Waals surface area (Å²) < 4.78 is 11.0. The molecule has 0 aromatic heterocycles. The molecule has 0 N–H and O–H groups in total. The van der Waals surface area contributed by atoms with E-state index in [0.29, 0.717) is 18.8 Å². The third-order valence-electron chi connectivity index (χ3n) is 6.03. The number of nitrogens with zero attached hydrogens (tertiary/aromatic N) is 3. The van der Waals surface area contributed by atoms with Gasteiger partial charge in [0.1, 0.15) is 5.75 Å². The Morgan fingerprint density at radius 2 is 1.78 bits per heavy atom. The van der Waals surface area contributed by atoms with Crippen molar-refractivity contribution in [1.29, 1.82) is 0 Å². The van der Waals surface area contributed by atoms with Gasteiger partial charge in [-0.2, -0.15) is 0 Å². The molecular weight excluding hydrogens is 406 g/mol. The first-order chi connectivity index (χ1) is 15.6. The third-order valence-corrected chi connectivity index (χ3v) is 6.03. The van der Waals surface area contributed by atoms with E-state index in [2.05, 4.69) is 11.8 Å². The Bertz CT molecular complexity index is 914. The predicted octanol–water partition coefficient (Wildman–Crippen LogP) is 2.55. The van der Waals surface area contributed by atoms with Crippen LogP contribution in [0, 0.1) is 0 Å². The highest BCUT2D eigenvalue weighted by atomic mass is 16.5. The Morgan fingerprint density at radius 1 is 1.06 bits per heavy atom. The molecule has 2 aliphatic rings. The van der Waals surface area contributed by atoms with Crippen molar-refractivity contribution < 1.29 is 19.1 Å². The Labute approximate surface area is 189 Å². The largest absolute Gasteiger partial charge is 0.482 e. The summed E-state index contributed by atoms with van der Waals surface area (Å²) in [4.78, 5) is 31.9. The van der Waals surface area contributed by atoms with Crippen LogP contribution in [0.5, 0.6) is 5.75 Å². The highest BCUT2D eigenvalue weighted by molar-refractivity contribution is 5.98. The van der Waals surface area contributed by atoms with E-state index in [1.807, 2.05) is 59.5 Å². The van der Waals surface area contributed by atoms with E-state index in [4.69, 9.17) is 9.47 Å². The van der Waals surface area contributed by atoms with E-state index >= 15 is 0 Å². The molecule has 1 unspecified atom stereocenters. The molecule has 2 heterocycles. The fourth-order valence-electron chi connectivity index (χ4n) is 4.28. The molecule has 2 amide bonds. The fraction of sp³-hybridized carbons (Fsp3) is 0.440. The second-order valence-electron chi connectivity index (χ2n) is 8.32. The first-order valence-electron chi connectivity index (χ1n) is 11.3. The number of rotatable bonds is 8. The summed E-state index contributed by atoms with van der Waals surface area (Å²) >= 11 is 0. The number of para-hydroxylation sites is 2. The molecule has 2 aromatic carbocycles. The molecule has 0 saturated carbocycles. The predicted molar refractivity (Wildman–Crippen MR) is 123 cm³/mol. The van der Waals surface area contributed by atoms with E-state index in [0.717, 1.165) is 44.1 Å². The Balaban J connectivity index is 1.45. The van der Waals surface area contributed by atoms with Gasteiger partial charge >= 0.3 is 0 Å². The van der Waals surface area contributed by atoms with Crippen molar-refractivity contribution in [2.24, 2.45) is 0 Å². The number of carbonyl (C=O) groups is 2. The smallest absolute Gasteiger partial charge is 0.265 e. The van der Waals surface area contributed by atoms with Gasteiger partial charge in [0.25, 0.3) is 5.91 Å². The van der Waals surface area contributed by atoms with Crippen LogP contribution in [0.25, 0.3) is 0 Å². The zero-order chi connectivity index (χ0) is 22.3. The van der Waals surface area contributed by atoms with Crippen LogP contribution in [0.4, 0.5) is 5.69 Å². The molecule has 0 radical (unpaired) electrons. The standard InChI is InChI=1S/C25H31N3O4/c1-20(17-26-13-15-31-16-14-26)28(18-21-7-3-2-4-8-21)24(29)11-12-27-22-9-5-6-10-23(22)32-19-25(27)30/h2-10,20H,11-19H2,1H3. The van der Waals surface area contributed by atoms with Gasteiger partial charge in [0.15, 0.2) is 6.61 Å². The molecule has 2 aromatic rings. The normalized spacial score (nSPS) is 17.4. The van der Waals surface area contributed by atoms with Crippen molar-refractivity contribution in [3.05, 3.63) is 60.2 Å². The monoisotopic (exact) mass is 437 g/mol. The van der Waals surface area contributed by atoms with Crippen LogP contribution in [0.3, 0.4) is 0 Å². The van der Waals surface area contributed by atoms with Gasteiger partial charge in [0.2, 0.25) is 5.91 Å². The summed E-state index contributed by atoms with van der Waals surface area (Å²) in [7, 11) is 0. The van der Waals surface area contributed by atoms with Gasteiger partial charge in [-0.1, -0.05) is 42.5 Å². The minimum atomic E-state index is -0.118. The van der Waals surface area contributed by atoms with Crippen molar-refractivity contribution >= 4 is 17.5 Å². The number of morpholine rings is 1. The quantitative estimate of drug-likeness (QED) is 0.635. The van der Waals surface area contributed by atoms with E-state index in [9.17, 15) is 9.59 Å². The molecule has 2 aliphatic heterocycles. The van der Waals surface area contributed by atoms with Gasteiger partial charge in [-0.25, -0.2) is 0 Å². The van der Waals surface area contributed by atoms with Crippen molar-refractivity contribution in [1.82, 2.24) is 9.80 Å². The highest BCUT2D eigenvalue weighted by Gasteiger charge is 2.28. The maximum absolute atomic E-state index is 13.4. The summed E-state index contributed by atoms with van der Waals surface area (Å²) in [6.07, 6.45) is 0.264. The number of carbonyl (C=O) groups excluding carboxylic acids is 2. The number of benzene rings is 2. The number of amides is 2. The van der Waals surface area contributed by atoms with Gasteiger partial charge in [0.05, 0.1) is 18.9 Å². The lowest BCUT2D eigenvalue weighted by molar-refractivity contribution is -0.134. The van der Waals surface area contributed by atoms with E-state index in [1.165, 1.54) is 0 Å². The fourth-order valence-corrected chi connectivity index (χ4v) is 4.28. The maximum atomic E-state index is 13.4. The molecule has 32 heavy (non-hydrogen) atoms. The van der Waals surface area contributed by atoms with Gasteiger partial charge in [0, 0.05) is 45.2 Å². The number of ether oxygens (including phenoxy) is 2. The average Bonchev–Trinajstić information content (AvgIpc) is 2.83. The number of hydrogen-bond donors (Lipinski definition) is 0. The molecule has 1 fully saturated rings. The molecule has 0 spiro atoms. The summed E-state index contributed by atoms with van der Waals surface area (Å²) in [5.74, 6) is 0.611. The summed E-state index contributed by atoms with van der Waals surface area (Å²) in [5.41, 5.74) is 1.83. The lowest BCUT2D eigenvalue weighted by Gasteiger charge is -2.36. The molecule has 170 valence electrons. The van der Waals surface area contributed by atoms with E-state index < -0.39 is 0 Å². The van der Waals surface area contributed by atoms with Crippen molar-refractivity contribution in [3.8, 4) is 5.75 Å². The summed E-state index contributed by atoms with van der Waals surface area (Å²) in [6, 6.07) is 17.6. The van der Waals surface area contributed by atoms with Crippen molar-refractivity contribution in [3.63, 3.8) is 0 Å². The van der Waals surface area contributed by atoms with Crippen LogP contribution in [-0.2, 0) is 20.9 Å². The lowest BCUT2D eigenvalue weighted by Crippen LogP contribution is -2.48. The van der Waals surface area contributed by atoms with Crippen LogP contribution in [0.1, 0.15) is 18.9 Å². The number of fused-ring (bicyclic) bond motifs is 1. The zero-order valence-electron chi connectivity index (χ0n) is 18.6. The number of hydrogen-bond acceptors (Lipinski definition) is 5. The van der Waals surface area contributed by atoms with E-state index in [1.54, 1.807) is 4.90 Å². The van der Waals surface area contributed by atoms with Crippen LogP contribution >= 0.6 is 0 Å². The van der Waals surface area contributed by atoms with Gasteiger partial charge < -0.3 is 19.3 Å². The molecule has 0 aliphatic carbocycles. The highest BCUT2D eigenvalue weighted by Crippen LogP contribution is 2.31. The zero-order valence-corrected chi connectivity index (χ0v) is 18.6. The molecular formula is C25H31N3O4. The van der Waals surface area contributed by atoms with Crippen LogP contribution in [0.2, 0.25) is 0 Å². The molecule has 7 heteroatoms. The van der Waals surface area contributed by atoms with Gasteiger partial charge in [-0.15, -0.1) is 0 Å². The molecule has 1 atom stereocenters. The SMILES string of the molecule is CC(CN1CCOCC1)N(Cc1ccccc1)C(=O)CCN1C(=O)COc2ccccc21. The van der Waals surface area contributed by atoms with Crippen LogP contribution < -0.4 is 9.64 Å². The Morgan fingerprint density at radius 3 is 2.56 bits per heavy atom. The van der Waals surface area contributed by atoms with Crippen molar-refractivity contribution in [2.45, 2.75) is 25.9 Å². The minimum Gasteiger partial charge on any atom is -0.482 e. The Hall–Kier alpha value is -2.90. The average molecular weight is 438 g/mol. The summed E-state index contributed by atoms with van der Waals surface area (Å²) in [5, 5.41) is 0. The second kappa shape index (κ2) is 10.6. The van der Waals surface area contributed by atoms with Crippen LogP contribution in [-0.4, -0.2) is 73.7 Å². The van der Waals surface area contributed by atoms with Gasteiger partial charge in [-0.3, -0.25) is 14.5 Å². The minimum absolute atomic E-state index is 0.00632. The molecule has 0 bridgehead atoms. The van der Waals surface area contributed by atoms with Crippen molar-refractivity contribution in [2.75, 3.05) is 50.9 Å². The Kier molecular flexibility index (Phi) is 7.39. The van der Waals surface area contributed by atoms with Crippen LogP contribution in [0.15, 0.2) is 54.6 Å². The maximum Gasteiger partial charge on any atom is 0.265 e. The first kappa shape index (κ1) is 22.3. The topological polar surface area (TPSA) is 62.3 Å². The van der Waals surface area contributed by atoms with Gasteiger partial charge in [-0.05, 0) is 24.6 Å². The second-order valence-corrected chi connectivity index (χ2v) is 8.32. The third kappa shape index (κ3) is 5.47. The molecule has 1 saturated heterocycles. The summed E-state index contributed by atoms with van der Waals surface area (Å²) in [6.45, 7) is 7.05. The number of anilines is 1. The lowest BCUT2D eigenvalue weighted by atomic mass is 10.1. The molecule has 4 rings (SSSR count). The first-order valence-corrected chi connectivity index (χ1v) is 11.3.